The number of alkyl halides is 2. The van der Waals surface area contributed by atoms with Gasteiger partial charge < -0.3 is 15.3 Å². The van der Waals surface area contributed by atoms with Gasteiger partial charge in [0.2, 0.25) is 9.97 Å². The van der Waals surface area contributed by atoms with Gasteiger partial charge in [0.05, 0.1) is 6.20 Å². The standard InChI is InChI=1S/C6H5F2N3O3S/c7-3(8)2-1-11-5(9-2)15-4(10-11)6(12,13)14/h1,3,12-14H. The van der Waals surface area contributed by atoms with E-state index in [4.69, 9.17) is 15.3 Å². The normalized spacial score (nSPS) is 12.9. The molecule has 0 aliphatic carbocycles. The number of aromatic nitrogens is 3. The summed E-state index contributed by atoms with van der Waals surface area (Å²) >= 11 is 0.600. The molecule has 0 unspecified atom stereocenters. The summed E-state index contributed by atoms with van der Waals surface area (Å²) < 4.78 is 25.3. The second kappa shape index (κ2) is 3.17. The number of rotatable bonds is 2. The van der Waals surface area contributed by atoms with Crippen LogP contribution in [0.3, 0.4) is 0 Å². The van der Waals surface area contributed by atoms with Crippen LogP contribution in [0.4, 0.5) is 8.78 Å². The quantitative estimate of drug-likeness (QED) is 0.630. The van der Waals surface area contributed by atoms with Gasteiger partial charge in [-0.25, -0.2) is 18.3 Å². The van der Waals surface area contributed by atoms with Crippen molar-refractivity contribution in [2.75, 3.05) is 0 Å². The molecule has 2 aromatic heterocycles. The molecule has 0 fully saturated rings. The zero-order valence-electron chi connectivity index (χ0n) is 7.00. The Kier molecular flexibility index (Phi) is 2.19. The Balaban J connectivity index is 2.47. The summed E-state index contributed by atoms with van der Waals surface area (Å²) in [5, 5.41) is 29.3. The number of aliphatic hydroxyl groups is 3. The van der Waals surface area contributed by atoms with E-state index in [1.54, 1.807) is 0 Å². The molecular formula is C6H5F2N3O3S. The van der Waals surface area contributed by atoms with Crippen LogP contribution >= 0.6 is 11.3 Å². The van der Waals surface area contributed by atoms with E-state index in [2.05, 4.69) is 10.1 Å². The van der Waals surface area contributed by atoms with Crippen LogP contribution in [0.2, 0.25) is 0 Å². The molecule has 0 amide bonds. The Hall–Kier alpha value is -1.16. The van der Waals surface area contributed by atoms with Crippen LogP contribution in [0.25, 0.3) is 4.96 Å². The maximum Gasteiger partial charge on any atom is 0.334 e. The summed E-state index contributed by atoms with van der Waals surface area (Å²) in [6.45, 7) is 0. The van der Waals surface area contributed by atoms with Gasteiger partial charge in [0.1, 0.15) is 5.69 Å². The zero-order valence-corrected chi connectivity index (χ0v) is 7.82. The van der Waals surface area contributed by atoms with Crippen LogP contribution in [-0.2, 0) is 5.97 Å². The Bertz CT molecular complexity index is 458. The summed E-state index contributed by atoms with van der Waals surface area (Å²) in [5.74, 6) is -3.07. The minimum atomic E-state index is -3.07. The Morgan fingerprint density at radius 3 is 2.53 bits per heavy atom. The number of halogens is 2. The molecule has 0 atom stereocenters. The first-order valence-corrected chi connectivity index (χ1v) is 4.51. The van der Waals surface area contributed by atoms with Crippen LogP contribution in [0.5, 0.6) is 0 Å². The van der Waals surface area contributed by atoms with Crippen LogP contribution in [-0.4, -0.2) is 29.9 Å². The van der Waals surface area contributed by atoms with E-state index < -0.39 is 23.1 Å². The lowest BCUT2D eigenvalue weighted by atomic mass is 10.5. The van der Waals surface area contributed by atoms with Crippen molar-refractivity contribution in [1.29, 1.82) is 0 Å². The smallest absolute Gasteiger partial charge is 0.334 e. The van der Waals surface area contributed by atoms with Gasteiger partial charge in [0.15, 0.2) is 0 Å². The minimum absolute atomic E-state index is 0.0434. The summed E-state index contributed by atoms with van der Waals surface area (Å²) in [4.78, 5) is 3.53. The molecule has 2 heterocycles. The number of hydrogen-bond donors (Lipinski definition) is 3. The van der Waals surface area contributed by atoms with Gasteiger partial charge >= 0.3 is 5.97 Å². The van der Waals surface area contributed by atoms with E-state index in [-0.39, 0.29) is 4.96 Å². The van der Waals surface area contributed by atoms with Crippen molar-refractivity contribution in [2.45, 2.75) is 12.4 Å². The van der Waals surface area contributed by atoms with Crippen LogP contribution < -0.4 is 0 Å². The molecular weight excluding hydrogens is 232 g/mol. The average Bonchev–Trinajstić information content (AvgIpc) is 2.55. The molecule has 9 heteroatoms. The highest BCUT2D eigenvalue weighted by atomic mass is 32.1. The summed E-state index contributed by atoms with van der Waals surface area (Å²) in [7, 11) is 0. The van der Waals surface area contributed by atoms with Gasteiger partial charge in [0.25, 0.3) is 6.43 Å². The van der Waals surface area contributed by atoms with E-state index in [0.29, 0.717) is 11.3 Å². The number of hydrogen-bond acceptors (Lipinski definition) is 6. The van der Waals surface area contributed by atoms with E-state index in [1.807, 2.05) is 0 Å². The van der Waals surface area contributed by atoms with Crippen molar-refractivity contribution in [3.63, 3.8) is 0 Å². The molecule has 2 aromatic rings. The van der Waals surface area contributed by atoms with Crippen LogP contribution in [0, 0.1) is 0 Å². The highest BCUT2D eigenvalue weighted by Crippen LogP contribution is 2.24. The maximum absolute atomic E-state index is 12.2. The molecule has 0 radical (unpaired) electrons. The summed E-state index contributed by atoms with van der Waals surface area (Å²) in [6.07, 6.45) is -1.77. The van der Waals surface area contributed by atoms with Crippen LogP contribution in [0.1, 0.15) is 17.1 Å². The van der Waals surface area contributed by atoms with Crippen molar-refractivity contribution in [2.24, 2.45) is 0 Å². The molecule has 3 N–H and O–H groups in total. The van der Waals surface area contributed by atoms with Crippen molar-refractivity contribution >= 4 is 16.3 Å². The Morgan fingerprint density at radius 1 is 1.40 bits per heavy atom. The second-order valence-electron chi connectivity index (χ2n) is 2.74. The molecule has 0 saturated carbocycles. The van der Waals surface area contributed by atoms with Gasteiger partial charge in [-0.1, -0.05) is 11.3 Å². The fraction of sp³-hybridized carbons (Fsp3) is 0.333. The topological polar surface area (TPSA) is 90.9 Å². The molecule has 6 nitrogen and oxygen atoms in total. The lowest BCUT2D eigenvalue weighted by Crippen LogP contribution is -2.23. The molecule has 2 rings (SSSR count). The number of imidazole rings is 1. The van der Waals surface area contributed by atoms with Crippen molar-refractivity contribution < 1.29 is 24.1 Å². The average molecular weight is 237 g/mol. The Morgan fingerprint density at radius 2 is 2.07 bits per heavy atom. The monoisotopic (exact) mass is 237 g/mol. The van der Waals surface area contributed by atoms with Gasteiger partial charge in [-0.15, -0.1) is 0 Å². The molecule has 0 spiro atoms. The lowest BCUT2D eigenvalue weighted by molar-refractivity contribution is -0.324. The predicted octanol–water partition coefficient (Wildman–Crippen LogP) is -0.184. The third-order valence-electron chi connectivity index (χ3n) is 1.57. The van der Waals surface area contributed by atoms with E-state index in [9.17, 15) is 8.78 Å². The molecule has 0 saturated heterocycles. The SMILES string of the molecule is OC(O)(O)c1nn2cc(C(F)F)nc2s1. The summed E-state index contributed by atoms with van der Waals surface area (Å²) in [5.41, 5.74) is -0.459. The lowest BCUT2D eigenvalue weighted by Gasteiger charge is -2.07. The zero-order chi connectivity index (χ0) is 11.2. The second-order valence-corrected chi connectivity index (χ2v) is 3.69. The van der Waals surface area contributed by atoms with Crippen molar-refractivity contribution in [1.82, 2.24) is 14.6 Å². The number of fused-ring (bicyclic) bond motifs is 1. The predicted molar refractivity (Wildman–Crippen MR) is 44.2 cm³/mol. The van der Waals surface area contributed by atoms with Crippen LogP contribution in [0.15, 0.2) is 6.20 Å². The molecule has 15 heavy (non-hydrogen) atoms. The molecule has 0 aliphatic rings. The third kappa shape index (κ3) is 1.81. The highest BCUT2D eigenvalue weighted by Gasteiger charge is 2.28. The first-order chi connectivity index (χ1) is 6.88. The fourth-order valence-electron chi connectivity index (χ4n) is 0.958. The maximum atomic E-state index is 12.2. The largest absolute Gasteiger partial charge is 0.338 e. The summed E-state index contributed by atoms with van der Waals surface area (Å²) in [6, 6.07) is 0. The van der Waals surface area contributed by atoms with Crippen molar-refractivity contribution in [3.8, 4) is 0 Å². The van der Waals surface area contributed by atoms with Gasteiger partial charge in [-0.2, -0.15) is 5.10 Å². The van der Waals surface area contributed by atoms with Crippen molar-refractivity contribution in [3.05, 3.63) is 16.9 Å². The van der Waals surface area contributed by atoms with E-state index in [0.717, 1.165) is 10.7 Å². The first kappa shape index (κ1) is 10.4. The molecule has 0 aromatic carbocycles. The first-order valence-electron chi connectivity index (χ1n) is 3.70. The molecule has 0 aliphatic heterocycles. The molecule has 0 bridgehead atoms. The van der Waals surface area contributed by atoms with Gasteiger partial charge in [-0.3, -0.25) is 0 Å². The Labute approximate surface area is 85.0 Å². The van der Waals surface area contributed by atoms with E-state index in [1.165, 1.54) is 0 Å². The number of nitrogens with zero attached hydrogens (tertiary/aromatic N) is 3. The minimum Gasteiger partial charge on any atom is -0.338 e. The highest BCUT2D eigenvalue weighted by molar-refractivity contribution is 7.16. The van der Waals surface area contributed by atoms with E-state index >= 15 is 0 Å². The fourth-order valence-corrected chi connectivity index (χ4v) is 1.73. The molecule has 82 valence electrons. The van der Waals surface area contributed by atoms with Gasteiger partial charge in [-0.05, 0) is 0 Å². The van der Waals surface area contributed by atoms with Gasteiger partial charge in [0, 0.05) is 0 Å². The third-order valence-corrected chi connectivity index (χ3v) is 2.58.